The van der Waals surface area contributed by atoms with Crippen LogP contribution in [-0.4, -0.2) is 49.5 Å². The highest BCUT2D eigenvalue weighted by molar-refractivity contribution is 5.88. The predicted octanol–water partition coefficient (Wildman–Crippen LogP) is 0.368. The van der Waals surface area contributed by atoms with Gasteiger partial charge >= 0.3 is 5.97 Å². The van der Waals surface area contributed by atoms with Gasteiger partial charge in [0.1, 0.15) is 5.69 Å². The average molecular weight is 237 g/mol. The molecule has 0 aliphatic carbocycles. The van der Waals surface area contributed by atoms with Crippen molar-refractivity contribution in [3.05, 3.63) is 24.0 Å². The van der Waals surface area contributed by atoms with Crippen LogP contribution in [0.3, 0.4) is 0 Å². The molecule has 92 valence electrons. The standard InChI is InChI=1S/C11H15N3O3/c1-14(2)10(15)7-13-8-4-5-12-9(6-8)11(16)17-3/h4-6H,7H2,1-3H3,(H,12,13). The molecule has 1 N–H and O–H groups in total. The number of esters is 1. The Balaban J connectivity index is 2.66. The summed E-state index contributed by atoms with van der Waals surface area (Å²) in [6.45, 7) is 0.164. The Morgan fingerprint density at radius 3 is 2.76 bits per heavy atom. The molecule has 0 radical (unpaired) electrons. The van der Waals surface area contributed by atoms with E-state index in [1.165, 1.54) is 24.3 Å². The van der Waals surface area contributed by atoms with E-state index in [1.807, 2.05) is 0 Å². The van der Waals surface area contributed by atoms with Crippen LogP contribution in [-0.2, 0) is 9.53 Å². The molecule has 1 aromatic rings. The zero-order valence-corrected chi connectivity index (χ0v) is 10.1. The lowest BCUT2D eigenvalue weighted by Crippen LogP contribution is -2.28. The smallest absolute Gasteiger partial charge is 0.356 e. The number of ether oxygens (including phenoxy) is 1. The maximum absolute atomic E-state index is 11.3. The number of aromatic nitrogens is 1. The van der Waals surface area contributed by atoms with Crippen LogP contribution in [0, 0.1) is 0 Å². The number of anilines is 1. The molecule has 1 amide bonds. The molecule has 1 aromatic heterocycles. The number of nitrogens with zero attached hydrogens (tertiary/aromatic N) is 2. The summed E-state index contributed by atoms with van der Waals surface area (Å²) in [4.78, 5) is 27.9. The fraction of sp³-hybridized carbons (Fsp3) is 0.364. The highest BCUT2D eigenvalue weighted by atomic mass is 16.5. The molecule has 1 heterocycles. The van der Waals surface area contributed by atoms with Crippen LogP contribution in [0.5, 0.6) is 0 Å². The van der Waals surface area contributed by atoms with Crippen molar-refractivity contribution < 1.29 is 14.3 Å². The molecule has 0 atom stereocenters. The van der Waals surface area contributed by atoms with E-state index in [4.69, 9.17) is 0 Å². The van der Waals surface area contributed by atoms with Gasteiger partial charge in [0.15, 0.2) is 0 Å². The number of carbonyl (C=O) groups is 2. The van der Waals surface area contributed by atoms with Crippen molar-refractivity contribution in [3.8, 4) is 0 Å². The normalized spacial score (nSPS) is 9.59. The van der Waals surface area contributed by atoms with Crippen molar-refractivity contribution in [2.75, 3.05) is 33.1 Å². The van der Waals surface area contributed by atoms with E-state index in [-0.39, 0.29) is 18.1 Å². The molecule has 0 unspecified atom stereocenters. The van der Waals surface area contributed by atoms with E-state index in [2.05, 4.69) is 15.0 Å². The van der Waals surface area contributed by atoms with Gasteiger partial charge in [-0.15, -0.1) is 0 Å². The third-order valence-electron chi connectivity index (χ3n) is 2.10. The first-order valence-electron chi connectivity index (χ1n) is 5.03. The predicted molar refractivity (Wildman–Crippen MR) is 62.8 cm³/mol. The van der Waals surface area contributed by atoms with Crippen LogP contribution in [0.1, 0.15) is 10.5 Å². The Morgan fingerprint density at radius 2 is 2.18 bits per heavy atom. The number of carbonyl (C=O) groups excluding carboxylic acids is 2. The van der Waals surface area contributed by atoms with E-state index in [0.29, 0.717) is 5.69 Å². The van der Waals surface area contributed by atoms with Crippen molar-refractivity contribution in [3.63, 3.8) is 0 Å². The van der Waals surface area contributed by atoms with Gasteiger partial charge in [0.05, 0.1) is 13.7 Å². The fourth-order valence-corrected chi connectivity index (χ4v) is 1.09. The number of methoxy groups -OCH3 is 1. The van der Waals surface area contributed by atoms with Gasteiger partial charge in [0, 0.05) is 26.0 Å². The Kier molecular flexibility index (Phi) is 4.45. The minimum atomic E-state index is -0.507. The van der Waals surface area contributed by atoms with Gasteiger partial charge in [-0.1, -0.05) is 0 Å². The number of pyridine rings is 1. The zero-order valence-electron chi connectivity index (χ0n) is 10.1. The Hall–Kier alpha value is -2.11. The molecule has 6 nitrogen and oxygen atoms in total. The van der Waals surface area contributed by atoms with Crippen molar-refractivity contribution in [2.45, 2.75) is 0 Å². The first kappa shape index (κ1) is 13.0. The summed E-state index contributed by atoms with van der Waals surface area (Å²) in [7, 11) is 4.65. The SMILES string of the molecule is COC(=O)c1cc(NCC(=O)N(C)C)ccn1. The van der Waals surface area contributed by atoms with E-state index >= 15 is 0 Å². The second-order valence-corrected chi connectivity index (χ2v) is 3.56. The lowest BCUT2D eigenvalue weighted by molar-refractivity contribution is -0.126. The fourth-order valence-electron chi connectivity index (χ4n) is 1.09. The Bertz CT molecular complexity index is 418. The lowest BCUT2D eigenvalue weighted by atomic mass is 10.3. The maximum Gasteiger partial charge on any atom is 0.356 e. The highest BCUT2D eigenvalue weighted by Crippen LogP contribution is 2.08. The second-order valence-electron chi connectivity index (χ2n) is 3.56. The van der Waals surface area contributed by atoms with Gasteiger partial charge in [0.25, 0.3) is 0 Å². The Labute approximate surface area is 99.6 Å². The van der Waals surface area contributed by atoms with E-state index in [1.54, 1.807) is 20.2 Å². The average Bonchev–Trinajstić information content (AvgIpc) is 2.35. The molecule has 0 saturated carbocycles. The van der Waals surface area contributed by atoms with Crippen LogP contribution >= 0.6 is 0 Å². The van der Waals surface area contributed by atoms with Crippen LogP contribution < -0.4 is 5.32 Å². The molecule has 0 bridgehead atoms. The van der Waals surface area contributed by atoms with E-state index in [0.717, 1.165) is 0 Å². The number of hydrogen-bond donors (Lipinski definition) is 1. The Morgan fingerprint density at radius 1 is 1.47 bits per heavy atom. The number of nitrogens with one attached hydrogen (secondary N) is 1. The quantitative estimate of drug-likeness (QED) is 0.766. The van der Waals surface area contributed by atoms with Gasteiger partial charge < -0.3 is 15.0 Å². The molecule has 0 aliphatic heterocycles. The first-order chi connectivity index (χ1) is 8.04. The molecule has 0 fully saturated rings. The minimum Gasteiger partial charge on any atom is -0.464 e. The summed E-state index contributed by atoms with van der Waals surface area (Å²) >= 11 is 0. The van der Waals surface area contributed by atoms with Gasteiger partial charge in [0.2, 0.25) is 5.91 Å². The first-order valence-corrected chi connectivity index (χ1v) is 5.03. The number of hydrogen-bond acceptors (Lipinski definition) is 5. The second kappa shape index (κ2) is 5.83. The monoisotopic (exact) mass is 237 g/mol. The van der Waals surface area contributed by atoms with Gasteiger partial charge in [-0.3, -0.25) is 4.79 Å². The van der Waals surface area contributed by atoms with Crippen molar-refractivity contribution >= 4 is 17.6 Å². The van der Waals surface area contributed by atoms with Gasteiger partial charge in [-0.2, -0.15) is 0 Å². The third kappa shape index (κ3) is 3.75. The molecule has 0 spiro atoms. The van der Waals surface area contributed by atoms with Crippen LogP contribution in [0.25, 0.3) is 0 Å². The number of amides is 1. The third-order valence-corrected chi connectivity index (χ3v) is 2.10. The molecule has 0 saturated heterocycles. The van der Waals surface area contributed by atoms with Crippen molar-refractivity contribution in [1.29, 1.82) is 0 Å². The summed E-state index contributed by atoms with van der Waals surface area (Å²) in [5, 5.41) is 2.91. The van der Waals surface area contributed by atoms with Gasteiger partial charge in [-0.25, -0.2) is 9.78 Å². The molecule has 1 rings (SSSR count). The minimum absolute atomic E-state index is 0.0542. The van der Waals surface area contributed by atoms with Crippen molar-refractivity contribution in [1.82, 2.24) is 9.88 Å². The summed E-state index contributed by atoms with van der Waals surface area (Å²) in [6.07, 6.45) is 1.48. The number of likely N-dealkylation sites (N-methyl/N-ethyl adjacent to an activating group) is 1. The van der Waals surface area contributed by atoms with Crippen LogP contribution in [0.4, 0.5) is 5.69 Å². The van der Waals surface area contributed by atoms with Crippen molar-refractivity contribution in [2.24, 2.45) is 0 Å². The van der Waals surface area contributed by atoms with E-state index < -0.39 is 5.97 Å². The summed E-state index contributed by atoms with van der Waals surface area (Å²) in [5.74, 6) is -0.561. The zero-order chi connectivity index (χ0) is 12.8. The highest BCUT2D eigenvalue weighted by Gasteiger charge is 2.08. The molecule has 17 heavy (non-hydrogen) atoms. The largest absolute Gasteiger partial charge is 0.464 e. The summed E-state index contributed by atoms with van der Waals surface area (Å²) < 4.78 is 4.55. The van der Waals surface area contributed by atoms with Crippen LogP contribution in [0.15, 0.2) is 18.3 Å². The molecular formula is C11H15N3O3. The molecular weight excluding hydrogens is 222 g/mol. The van der Waals surface area contributed by atoms with E-state index in [9.17, 15) is 9.59 Å². The van der Waals surface area contributed by atoms with Crippen LogP contribution in [0.2, 0.25) is 0 Å². The lowest BCUT2D eigenvalue weighted by Gasteiger charge is -2.11. The molecule has 0 aliphatic rings. The molecule has 6 heteroatoms. The topological polar surface area (TPSA) is 71.5 Å². The summed E-state index contributed by atoms with van der Waals surface area (Å²) in [5.41, 5.74) is 0.852. The summed E-state index contributed by atoms with van der Waals surface area (Å²) in [6, 6.07) is 3.21. The maximum atomic E-state index is 11.3. The molecule has 0 aromatic carbocycles. The van der Waals surface area contributed by atoms with Gasteiger partial charge in [-0.05, 0) is 12.1 Å². The number of rotatable bonds is 4.